The molecule has 2 aromatic carbocycles. The van der Waals surface area contributed by atoms with Crippen LogP contribution >= 0.6 is 0 Å². The third-order valence-corrected chi connectivity index (χ3v) is 4.65. The molecule has 0 heterocycles. The summed E-state index contributed by atoms with van der Waals surface area (Å²) in [5.41, 5.74) is 4.71. The van der Waals surface area contributed by atoms with E-state index >= 15 is 0 Å². The Morgan fingerprint density at radius 1 is 1.00 bits per heavy atom. The zero-order valence-electron chi connectivity index (χ0n) is 13.2. The monoisotopic (exact) mass is 332 g/mol. The largest absolute Gasteiger partial charge is 0.273 e. The van der Waals surface area contributed by atoms with Gasteiger partial charge in [-0.2, -0.15) is 0 Å². The lowest BCUT2D eigenvalue weighted by Crippen LogP contribution is -2.41. The Labute approximate surface area is 136 Å². The Hall–Kier alpha value is -2.18. The normalized spacial score (nSPS) is 11.2. The average Bonchev–Trinajstić information content (AvgIpc) is 2.54. The number of aryl methyl sites for hydroxylation is 2. The molecule has 0 unspecified atom stereocenters. The Kier molecular flexibility index (Phi) is 5.52. The topological polar surface area (TPSA) is 75.3 Å². The van der Waals surface area contributed by atoms with Crippen molar-refractivity contribution in [2.75, 3.05) is 0 Å². The smallest absolute Gasteiger partial charge is 0.266 e. The van der Waals surface area contributed by atoms with E-state index in [0.29, 0.717) is 5.56 Å². The van der Waals surface area contributed by atoms with E-state index in [9.17, 15) is 13.2 Å². The summed E-state index contributed by atoms with van der Waals surface area (Å²) in [7, 11) is -3.79. The van der Waals surface area contributed by atoms with Gasteiger partial charge in [-0.05, 0) is 43.2 Å². The zero-order chi connectivity index (χ0) is 16.9. The minimum atomic E-state index is -3.79. The van der Waals surface area contributed by atoms with Crippen LogP contribution in [0.5, 0.6) is 0 Å². The summed E-state index contributed by atoms with van der Waals surface area (Å²) in [5, 5.41) is 0. The minimum absolute atomic E-state index is 0.113. The molecule has 0 aliphatic rings. The van der Waals surface area contributed by atoms with Gasteiger partial charge < -0.3 is 0 Å². The van der Waals surface area contributed by atoms with E-state index in [0.717, 1.165) is 24.0 Å². The van der Waals surface area contributed by atoms with Gasteiger partial charge in [0.25, 0.3) is 15.9 Å². The molecular formula is C17H20N2O3S. The highest BCUT2D eigenvalue weighted by atomic mass is 32.2. The first-order chi connectivity index (χ1) is 10.9. The lowest BCUT2D eigenvalue weighted by atomic mass is 10.1. The van der Waals surface area contributed by atoms with Gasteiger partial charge in [-0.3, -0.25) is 10.2 Å². The summed E-state index contributed by atoms with van der Waals surface area (Å²) in [6.45, 7) is 3.97. The second-order valence-electron chi connectivity index (χ2n) is 5.32. The van der Waals surface area contributed by atoms with Crippen molar-refractivity contribution in [3.8, 4) is 0 Å². The quantitative estimate of drug-likeness (QED) is 0.798. The van der Waals surface area contributed by atoms with Crippen LogP contribution in [0.3, 0.4) is 0 Å². The van der Waals surface area contributed by atoms with E-state index in [2.05, 4.69) is 17.2 Å². The van der Waals surface area contributed by atoms with Crippen molar-refractivity contribution >= 4 is 15.9 Å². The van der Waals surface area contributed by atoms with Crippen molar-refractivity contribution in [2.45, 2.75) is 31.6 Å². The van der Waals surface area contributed by atoms with Crippen molar-refractivity contribution in [1.82, 2.24) is 10.3 Å². The minimum Gasteiger partial charge on any atom is -0.273 e. The predicted molar refractivity (Wildman–Crippen MR) is 89.4 cm³/mol. The lowest BCUT2D eigenvalue weighted by molar-refractivity contribution is 0.0945. The standard InChI is InChI=1S/C17H20N2O3S/c1-3-4-14-7-11-16(12-8-14)23(21,22)19-18-17(20)15-9-5-13(2)6-10-15/h5-12,19H,3-4H2,1-2H3,(H,18,20). The van der Waals surface area contributed by atoms with Gasteiger partial charge in [0.2, 0.25) is 0 Å². The summed E-state index contributed by atoms with van der Waals surface area (Å²) in [5.74, 6) is -0.504. The molecule has 6 heteroatoms. The summed E-state index contributed by atoms with van der Waals surface area (Å²) >= 11 is 0. The molecule has 2 N–H and O–H groups in total. The van der Waals surface area contributed by atoms with Crippen LogP contribution in [0.15, 0.2) is 53.4 Å². The lowest BCUT2D eigenvalue weighted by Gasteiger charge is -2.09. The number of carbonyl (C=O) groups excluding carboxylic acids is 1. The Morgan fingerprint density at radius 3 is 2.17 bits per heavy atom. The molecule has 0 aliphatic heterocycles. The molecule has 5 nitrogen and oxygen atoms in total. The van der Waals surface area contributed by atoms with Crippen LogP contribution in [0, 0.1) is 6.92 Å². The molecule has 1 amide bonds. The first-order valence-corrected chi connectivity index (χ1v) is 8.88. The maximum atomic E-state index is 12.2. The third kappa shape index (κ3) is 4.64. The summed E-state index contributed by atoms with van der Waals surface area (Å²) in [4.78, 5) is 14.2. The maximum absolute atomic E-state index is 12.2. The van der Waals surface area contributed by atoms with Gasteiger partial charge in [-0.1, -0.05) is 43.2 Å². The van der Waals surface area contributed by atoms with E-state index in [1.807, 2.05) is 6.92 Å². The van der Waals surface area contributed by atoms with Gasteiger partial charge in [0.1, 0.15) is 0 Å². The number of benzene rings is 2. The summed E-state index contributed by atoms with van der Waals surface area (Å²) < 4.78 is 24.3. The van der Waals surface area contributed by atoms with E-state index < -0.39 is 15.9 Å². The fourth-order valence-corrected chi connectivity index (χ4v) is 2.91. The first-order valence-electron chi connectivity index (χ1n) is 7.40. The number of hydrazine groups is 1. The molecule has 0 spiro atoms. The van der Waals surface area contributed by atoms with E-state index in [-0.39, 0.29) is 4.90 Å². The molecule has 0 saturated carbocycles. The van der Waals surface area contributed by atoms with Gasteiger partial charge in [-0.25, -0.2) is 8.42 Å². The second kappa shape index (κ2) is 7.39. The zero-order valence-corrected chi connectivity index (χ0v) is 14.0. The van der Waals surface area contributed by atoms with Crippen LogP contribution in [-0.4, -0.2) is 14.3 Å². The molecular weight excluding hydrogens is 312 g/mol. The van der Waals surface area contributed by atoms with Crippen molar-refractivity contribution in [3.05, 3.63) is 65.2 Å². The third-order valence-electron chi connectivity index (χ3n) is 3.39. The molecule has 122 valence electrons. The van der Waals surface area contributed by atoms with Crippen LogP contribution < -0.4 is 10.3 Å². The van der Waals surface area contributed by atoms with Crippen LogP contribution in [0.4, 0.5) is 0 Å². The number of carbonyl (C=O) groups is 1. The molecule has 0 bridgehead atoms. The van der Waals surface area contributed by atoms with E-state index in [1.165, 1.54) is 12.1 Å². The number of nitrogens with one attached hydrogen (secondary N) is 2. The average molecular weight is 332 g/mol. The number of amides is 1. The summed E-state index contributed by atoms with van der Waals surface area (Å²) in [6.07, 6.45) is 1.90. The Morgan fingerprint density at radius 2 is 1.61 bits per heavy atom. The van der Waals surface area contributed by atoms with Gasteiger partial charge in [0.15, 0.2) is 0 Å². The van der Waals surface area contributed by atoms with Crippen molar-refractivity contribution < 1.29 is 13.2 Å². The van der Waals surface area contributed by atoms with Gasteiger partial charge in [0.05, 0.1) is 4.90 Å². The number of hydrogen-bond acceptors (Lipinski definition) is 3. The summed E-state index contributed by atoms with van der Waals surface area (Å²) in [6, 6.07) is 13.5. The molecule has 23 heavy (non-hydrogen) atoms. The maximum Gasteiger partial charge on any atom is 0.266 e. The van der Waals surface area contributed by atoms with E-state index in [1.54, 1.807) is 36.4 Å². The van der Waals surface area contributed by atoms with Crippen molar-refractivity contribution in [1.29, 1.82) is 0 Å². The molecule has 2 rings (SSSR count). The van der Waals surface area contributed by atoms with Crippen molar-refractivity contribution in [2.24, 2.45) is 0 Å². The van der Waals surface area contributed by atoms with Crippen LogP contribution in [-0.2, 0) is 16.4 Å². The molecule has 0 fully saturated rings. The van der Waals surface area contributed by atoms with Crippen LogP contribution in [0.2, 0.25) is 0 Å². The number of hydrogen-bond donors (Lipinski definition) is 2. The molecule has 0 atom stereocenters. The van der Waals surface area contributed by atoms with Crippen LogP contribution in [0.25, 0.3) is 0 Å². The van der Waals surface area contributed by atoms with Gasteiger partial charge >= 0.3 is 0 Å². The molecule has 0 aromatic heterocycles. The molecule has 0 aliphatic carbocycles. The van der Waals surface area contributed by atoms with Crippen molar-refractivity contribution in [3.63, 3.8) is 0 Å². The fourth-order valence-electron chi connectivity index (χ4n) is 2.07. The Bertz CT molecular complexity index is 766. The Balaban J connectivity index is 2.03. The molecule has 0 radical (unpaired) electrons. The highest BCUT2D eigenvalue weighted by molar-refractivity contribution is 7.89. The first kappa shape index (κ1) is 17.2. The SMILES string of the molecule is CCCc1ccc(S(=O)(=O)NNC(=O)c2ccc(C)cc2)cc1. The molecule has 2 aromatic rings. The fraction of sp³-hybridized carbons (Fsp3) is 0.235. The van der Waals surface area contributed by atoms with E-state index in [4.69, 9.17) is 0 Å². The highest BCUT2D eigenvalue weighted by Crippen LogP contribution is 2.11. The number of rotatable bonds is 6. The van der Waals surface area contributed by atoms with Crippen LogP contribution in [0.1, 0.15) is 34.8 Å². The van der Waals surface area contributed by atoms with Gasteiger partial charge in [-0.15, -0.1) is 4.83 Å². The highest BCUT2D eigenvalue weighted by Gasteiger charge is 2.15. The molecule has 0 saturated heterocycles. The number of sulfonamides is 1. The van der Waals surface area contributed by atoms with Gasteiger partial charge in [0, 0.05) is 5.56 Å². The predicted octanol–water partition coefficient (Wildman–Crippen LogP) is 2.57. The second-order valence-corrected chi connectivity index (χ2v) is 7.00.